The number of nitro benzene ring substituents is 1. The predicted molar refractivity (Wildman–Crippen MR) is 122 cm³/mol. The molecule has 0 heterocycles. The van der Waals surface area contributed by atoms with Crippen LogP contribution < -0.4 is 9.62 Å². The van der Waals surface area contributed by atoms with Crippen LogP contribution in [0, 0.1) is 10.1 Å². The topological polar surface area (TPSA) is 110 Å². The molecule has 0 bridgehead atoms. The van der Waals surface area contributed by atoms with Crippen LogP contribution in [0.25, 0.3) is 0 Å². The minimum Gasteiger partial charge on any atom is -0.365 e. The number of anilines is 1. The second-order valence-electron chi connectivity index (χ2n) is 7.01. The highest BCUT2D eigenvalue weighted by Gasteiger charge is 2.22. The van der Waals surface area contributed by atoms with Gasteiger partial charge in [0.15, 0.2) is 0 Å². The van der Waals surface area contributed by atoms with Crippen LogP contribution in [0.1, 0.15) is 42.1 Å². The molecular formula is C20H23Cl2N3O5S. The molecule has 2 rings (SSSR count). The summed E-state index contributed by atoms with van der Waals surface area (Å²) >= 11 is 12.1. The van der Waals surface area contributed by atoms with Crippen LogP contribution in [0.3, 0.4) is 0 Å². The van der Waals surface area contributed by atoms with Crippen molar-refractivity contribution in [2.75, 3.05) is 17.7 Å². The second kappa shape index (κ2) is 10.8. The van der Waals surface area contributed by atoms with Gasteiger partial charge in [-0.1, -0.05) is 49.0 Å². The number of nitrogens with zero attached hydrogens (tertiary/aromatic N) is 2. The fraction of sp³-hybridized carbons (Fsp3) is 0.350. The number of benzene rings is 2. The zero-order valence-corrected chi connectivity index (χ0v) is 19.4. The molecule has 31 heavy (non-hydrogen) atoms. The fourth-order valence-electron chi connectivity index (χ4n) is 2.91. The molecule has 8 nitrogen and oxygen atoms in total. The third-order valence-electron chi connectivity index (χ3n) is 4.53. The quantitative estimate of drug-likeness (QED) is 0.293. The number of hydrogen-bond donors (Lipinski definition) is 1. The number of halogens is 2. The highest BCUT2D eigenvalue weighted by atomic mass is 35.5. The van der Waals surface area contributed by atoms with E-state index in [1.54, 1.807) is 30.1 Å². The first-order valence-electron chi connectivity index (χ1n) is 9.52. The Balaban J connectivity index is 2.29. The van der Waals surface area contributed by atoms with Crippen LogP contribution in [-0.4, -0.2) is 32.0 Å². The van der Waals surface area contributed by atoms with Gasteiger partial charge in [-0.3, -0.25) is 14.9 Å². The van der Waals surface area contributed by atoms with Gasteiger partial charge in [0.05, 0.1) is 10.7 Å². The van der Waals surface area contributed by atoms with E-state index in [-0.39, 0.29) is 29.2 Å². The number of hydrogen-bond acceptors (Lipinski definition) is 6. The van der Waals surface area contributed by atoms with Crippen LogP contribution >= 0.6 is 23.2 Å². The van der Waals surface area contributed by atoms with Gasteiger partial charge in [0.25, 0.3) is 11.6 Å². The average Bonchev–Trinajstić information content (AvgIpc) is 2.69. The van der Waals surface area contributed by atoms with Crippen LogP contribution in [0.5, 0.6) is 0 Å². The zero-order chi connectivity index (χ0) is 23.2. The number of carbonyl (C=O) groups excluding carboxylic acids is 1. The van der Waals surface area contributed by atoms with Gasteiger partial charge in [0, 0.05) is 35.3 Å². The number of nitro groups is 1. The van der Waals surface area contributed by atoms with Gasteiger partial charge in [-0.25, -0.2) is 13.1 Å². The Hall–Kier alpha value is -2.36. The van der Waals surface area contributed by atoms with Crippen LogP contribution in [0.15, 0.2) is 36.4 Å². The van der Waals surface area contributed by atoms with Crippen molar-refractivity contribution in [2.24, 2.45) is 0 Å². The molecule has 2 aromatic carbocycles. The Labute approximate surface area is 191 Å². The van der Waals surface area contributed by atoms with Crippen LogP contribution in [0.2, 0.25) is 10.0 Å². The summed E-state index contributed by atoms with van der Waals surface area (Å²) in [7, 11) is -2.19. The monoisotopic (exact) mass is 487 g/mol. The average molecular weight is 488 g/mol. The molecule has 0 radical (unpaired) electrons. The van der Waals surface area contributed by atoms with E-state index in [9.17, 15) is 23.3 Å². The number of sulfonamides is 1. The smallest absolute Gasteiger partial charge is 0.292 e. The Morgan fingerprint density at radius 2 is 1.87 bits per heavy atom. The van der Waals surface area contributed by atoms with Gasteiger partial charge in [0.2, 0.25) is 10.0 Å². The molecule has 2 aromatic rings. The lowest BCUT2D eigenvalue weighted by atomic mass is 10.1. The van der Waals surface area contributed by atoms with Crippen molar-refractivity contribution in [1.82, 2.24) is 4.72 Å². The van der Waals surface area contributed by atoms with Crippen molar-refractivity contribution in [2.45, 2.75) is 32.7 Å². The molecule has 11 heteroatoms. The fourth-order valence-corrected chi connectivity index (χ4v) is 4.46. The minimum absolute atomic E-state index is 0.00582. The van der Waals surface area contributed by atoms with Crippen LogP contribution in [-0.2, 0) is 16.6 Å². The largest absolute Gasteiger partial charge is 0.365 e. The number of carbonyl (C=O) groups is 1. The molecular weight excluding hydrogens is 465 g/mol. The molecule has 0 fully saturated rings. The zero-order valence-electron chi connectivity index (χ0n) is 17.1. The summed E-state index contributed by atoms with van der Waals surface area (Å²) in [6, 6.07) is 8.60. The van der Waals surface area contributed by atoms with Crippen molar-refractivity contribution >= 4 is 50.5 Å². The first-order valence-corrected chi connectivity index (χ1v) is 11.9. The minimum atomic E-state index is -3.80. The van der Waals surface area contributed by atoms with E-state index < -0.39 is 20.9 Å². The summed E-state index contributed by atoms with van der Waals surface area (Å²) < 4.78 is 26.2. The lowest BCUT2D eigenvalue weighted by Crippen LogP contribution is -2.32. The van der Waals surface area contributed by atoms with E-state index in [2.05, 4.69) is 0 Å². The number of amides is 1. The van der Waals surface area contributed by atoms with E-state index >= 15 is 0 Å². The summed E-state index contributed by atoms with van der Waals surface area (Å²) in [6.45, 7) is 2.15. The first kappa shape index (κ1) is 24.9. The van der Waals surface area contributed by atoms with Gasteiger partial charge < -0.3 is 4.90 Å². The van der Waals surface area contributed by atoms with Crippen molar-refractivity contribution in [3.63, 3.8) is 0 Å². The normalized spacial score (nSPS) is 11.2. The summed E-state index contributed by atoms with van der Waals surface area (Å²) in [5, 5.41) is 12.3. The van der Waals surface area contributed by atoms with Crippen LogP contribution in [0.4, 0.5) is 11.4 Å². The maximum atomic E-state index is 12.5. The molecule has 1 amide bonds. The van der Waals surface area contributed by atoms with Gasteiger partial charge in [-0.2, -0.15) is 0 Å². The lowest BCUT2D eigenvalue weighted by molar-refractivity contribution is -0.384. The SMILES string of the molecule is CCCCCS(=O)(=O)NC(=O)c1ccc([N+](=O)[O-])c(N(C)Cc2ccc(Cl)cc2Cl)c1. The highest BCUT2D eigenvalue weighted by molar-refractivity contribution is 7.90. The molecule has 0 aliphatic heterocycles. The Morgan fingerprint density at radius 3 is 2.48 bits per heavy atom. The van der Waals surface area contributed by atoms with Gasteiger partial charge in [-0.15, -0.1) is 0 Å². The maximum absolute atomic E-state index is 12.5. The van der Waals surface area contributed by atoms with Crippen molar-refractivity contribution in [1.29, 1.82) is 0 Å². The van der Waals surface area contributed by atoms with Gasteiger partial charge in [0.1, 0.15) is 5.69 Å². The highest BCUT2D eigenvalue weighted by Crippen LogP contribution is 2.31. The van der Waals surface area contributed by atoms with Gasteiger partial charge >= 0.3 is 0 Å². The summed E-state index contributed by atoms with van der Waals surface area (Å²) in [4.78, 5) is 25.0. The molecule has 0 atom stereocenters. The van der Waals surface area contributed by atoms with Crippen molar-refractivity contribution in [3.05, 3.63) is 67.7 Å². The summed E-state index contributed by atoms with van der Waals surface area (Å²) in [5.41, 5.74) is 0.590. The number of unbranched alkanes of at least 4 members (excludes halogenated alkanes) is 2. The third kappa shape index (κ3) is 7.09. The van der Waals surface area contributed by atoms with Gasteiger partial charge in [-0.05, 0) is 36.2 Å². The lowest BCUT2D eigenvalue weighted by Gasteiger charge is -2.21. The van der Waals surface area contributed by atoms with Crippen molar-refractivity contribution in [3.8, 4) is 0 Å². The van der Waals surface area contributed by atoms with E-state index in [0.29, 0.717) is 22.0 Å². The summed E-state index contributed by atoms with van der Waals surface area (Å²) in [6.07, 6.45) is 2.02. The van der Waals surface area contributed by atoms with E-state index in [4.69, 9.17) is 23.2 Å². The molecule has 0 aromatic heterocycles. The molecule has 0 spiro atoms. The molecule has 0 unspecified atom stereocenters. The first-order chi connectivity index (χ1) is 14.5. The standard InChI is InChI=1S/C20H23Cl2N3O5S/c1-3-4-5-10-31(29,30)23-20(26)14-7-9-18(25(27)28)19(11-14)24(2)13-15-6-8-16(21)12-17(15)22/h6-9,11-12H,3-5,10,13H2,1-2H3,(H,23,26). The number of rotatable bonds is 10. The summed E-state index contributed by atoms with van der Waals surface area (Å²) in [5.74, 6) is -1.01. The molecule has 0 aliphatic carbocycles. The van der Waals surface area contributed by atoms with E-state index in [1.165, 1.54) is 18.2 Å². The van der Waals surface area contributed by atoms with E-state index in [0.717, 1.165) is 12.8 Å². The van der Waals surface area contributed by atoms with Crippen molar-refractivity contribution < 1.29 is 18.1 Å². The van der Waals surface area contributed by atoms with E-state index in [1.807, 2.05) is 11.6 Å². The number of nitrogens with one attached hydrogen (secondary N) is 1. The predicted octanol–water partition coefficient (Wildman–Crippen LogP) is 4.79. The molecule has 168 valence electrons. The molecule has 0 saturated heterocycles. The Morgan fingerprint density at radius 1 is 1.16 bits per heavy atom. The Bertz CT molecular complexity index is 1080. The molecule has 0 aliphatic rings. The molecule has 0 saturated carbocycles. The molecule has 1 N–H and O–H groups in total. The maximum Gasteiger partial charge on any atom is 0.292 e. The Kier molecular flexibility index (Phi) is 8.67. The third-order valence-corrected chi connectivity index (χ3v) is 6.44. The second-order valence-corrected chi connectivity index (χ2v) is 9.70.